The zero-order chi connectivity index (χ0) is 22.9. The number of rotatable bonds is 5. The van der Waals surface area contributed by atoms with Gasteiger partial charge in [0, 0.05) is 38.1 Å². The molecule has 0 bridgehead atoms. The molecule has 8 nitrogen and oxygen atoms in total. The van der Waals surface area contributed by atoms with Gasteiger partial charge in [-0.1, -0.05) is 11.6 Å². The second kappa shape index (κ2) is 9.21. The molecular formula is C21H24ClFN4O4S. The summed E-state index contributed by atoms with van der Waals surface area (Å²) in [5.41, 5.74) is 0.585. The number of halogens is 2. The molecule has 2 fully saturated rings. The van der Waals surface area contributed by atoms with Crippen molar-refractivity contribution in [3.63, 3.8) is 0 Å². The lowest BCUT2D eigenvalue weighted by Crippen LogP contribution is -2.43. The van der Waals surface area contributed by atoms with Gasteiger partial charge in [-0.3, -0.25) is 9.59 Å². The maximum atomic E-state index is 13.3. The third kappa shape index (κ3) is 4.67. The van der Waals surface area contributed by atoms with Crippen LogP contribution in [0, 0.1) is 11.7 Å². The first kappa shape index (κ1) is 22.8. The zero-order valence-electron chi connectivity index (χ0n) is 17.3. The summed E-state index contributed by atoms with van der Waals surface area (Å²) in [4.78, 5) is 29.7. The number of piperidine rings is 1. The number of benzene rings is 1. The Labute approximate surface area is 190 Å². The van der Waals surface area contributed by atoms with Gasteiger partial charge in [0.1, 0.15) is 16.4 Å². The third-order valence-electron chi connectivity index (χ3n) is 5.86. The largest absolute Gasteiger partial charge is 0.356 e. The summed E-state index contributed by atoms with van der Waals surface area (Å²) in [6.07, 6.45) is 4.25. The first-order chi connectivity index (χ1) is 15.3. The van der Waals surface area contributed by atoms with Crippen molar-refractivity contribution in [2.75, 3.05) is 31.5 Å². The van der Waals surface area contributed by atoms with E-state index in [-0.39, 0.29) is 40.5 Å². The average molecular weight is 483 g/mol. The molecule has 0 saturated carbocycles. The van der Waals surface area contributed by atoms with Crippen LogP contribution in [-0.4, -0.2) is 60.6 Å². The number of carbonyl (C=O) groups is 2. The van der Waals surface area contributed by atoms with Crippen molar-refractivity contribution < 1.29 is 22.4 Å². The van der Waals surface area contributed by atoms with Crippen LogP contribution in [0.4, 0.5) is 10.1 Å². The predicted molar refractivity (Wildman–Crippen MR) is 117 cm³/mol. The Morgan fingerprint density at radius 1 is 1.12 bits per heavy atom. The van der Waals surface area contributed by atoms with Gasteiger partial charge in [-0.2, -0.15) is 4.31 Å². The van der Waals surface area contributed by atoms with E-state index in [4.69, 9.17) is 11.6 Å². The Balaban J connectivity index is 1.44. The summed E-state index contributed by atoms with van der Waals surface area (Å²) in [5.74, 6) is -1.72. The van der Waals surface area contributed by atoms with E-state index in [9.17, 15) is 22.4 Å². The molecule has 172 valence electrons. The van der Waals surface area contributed by atoms with Gasteiger partial charge >= 0.3 is 0 Å². The lowest BCUT2D eigenvalue weighted by Gasteiger charge is -2.31. The zero-order valence-corrected chi connectivity index (χ0v) is 18.9. The van der Waals surface area contributed by atoms with Crippen LogP contribution in [0.1, 0.15) is 36.2 Å². The van der Waals surface area contributed by atoms with Crippen LogP contribution in [-0.2, 0) is 14.8 Å². The fourth-order valence-corrected chi connectivity index (χ4v) is 5.78. The van der Waals surface area contributed by atoms with Crippen LogP contribution in [0.25, 0.3) is 0 Å². The Hall–Kier alpha value is -2.43. The molecule has 4 rings (SSSR count). The molecule has 0 spiro atoms. The number of hydrogen-bond donors (Lipinski definition) is 2. The molecule has 1 atom stereocenters. The maximum Gasteiger partial charge on any atom is 0.270 e. The summed E-state index contributed by atoms with van der Waals surface area (Å²) in [7, 11) is -3.87. The van der Waals surface area contributed by atoms with Gasteiger partial charge in [0.05, 0.1) is 10.9 Å². The monoisotopic (exact) mass is 482 g/mol. The number of likely N-dealkylation sites (tertiary alicyclic amines) is 1. The quantitative estimate of drug-likeness (QED) is 0.683. The molecule has 2 N–H and O–H groups in total. The van der Waals surface area contributed by atoms with Crippen LogP contribution in [0.15, 0.2) is 35.4 Å². The number of nitrogens with zero attached hydrogens (tertiary/aromatic N) is 2. The highest BCUT2D eigenvalue weighted by atomic mass is 35.5. The highest BCUT2D eigenvalue weighted by molar-refractivity contribution is 7.89. The number of hydrogen-bond acceptors (Lipinski definition) is 4. The first-order valence-electron chi connectivity index (χ1n) is 10.5. The molecule has 2 saturated heterocycles. The Kier molecular flexibility index (Phi) is 6.55. The molecule has 0 aliphatic carbocycles. The van der Waals surface area contributed by atoms with Gasteiger partial charge in [0.25, 0.3) is 5.91 Å². The summed E-state index contributed by atoms with van der Waals surface area (Å²) >= 11 is 5.76. The molecule has 2 aliphatic heterocycles. The van der Waals surface area contributed by atoms with Crippen molar-refractivity contribution in [2.45, 2.75) is 30.6 Å². The van der Waals surface area contributed by atoms with Gasteiger partial charge in [-0.15, -0.1) is 0 Å². The summed E-state index contributed by atoms with van der Waals surface area (Å²) in [6, 6.07) is 5.22. The minimum absolute atomic E-state index is 0.00595. The summed E-state index contributed by atoms with van der Waals surface area (Å²) < 4.78 is 40.9. The molecular weight excluding hydrogens is 459 g/mol. The van der Waals surface area contributed by atoms with Gasteiger partial charge in [0.2, 0.25) is 15.9 Å². The number of aromatic amines is 1. The topological polar surface area (TPSA) is 103 Å². The molecule has 1 aromatic heterocycles. The van der Waals surface area contributed by atoms with E-state index >= 15 is 0 Å². The summed E-state index contributed by atoms with van der Waals surface area (Å²) in [6.45, 7) is 1.64. The second-order valence-corrected chi connectivity index (χ2v) is 10.4. The lowest BCUT2D eigenvalue weighted by atomic mass is 9.99. The average Bonchev–Trinajstić information content (AvgIpc) is 3.49. The van der Waals surface area contributed by atoms with Crippen molar-refractivity contribution >= 4 is 39.1 Å². The third-order valence-corrected chi connectivity index (χ3v) is 7.99. The van der Waals surface area contributed by atoms with E-state index in [2.05, 4.69) is 10.3 Å². The van der Waals surface area contributed by atoms with Crippen molar-refractivity contribution in [2.24, 2.45) is 5.92 Å². The number of carbonyl (C=O) groups excluding carboxylic acids is 2. The lowest BCUT2D eigenvalue weighted by molar-refractivity contribution is -0.120. The SMILES string of the molecule is O=C(Nc1ccc(F)c(Cl)c1)[C@H]1CCCN(S(=O)(=O)c2c[nH]c(C(=O)N3CCCC3)c2)C1. The Bertz CT molecular complexity index is 1130. The minimum Gasteiger partial charge on any atom is -0.356 e. The van der Waals surface area contributed by atoms with E-state index in [0.717, 1.165) is 18.9 Å². The van der Waals surface area contributed by atoms with E-state index in [1.54, 1.807) is 4.90 Å². The van der Waals surface area contributed by atoms with E-state index in [0.29, 0.717) is 31.6 Å². The minimum atomic E-state index is -3.87. The second-order valence-electron chi connectivity index (χ2n) is 8.07. The standard InChI is InChI=1S/C21H24ClFN4O4S/c22-17-10-15(5-6-18(17)23)25-20(28)14-4-3-9-27(13-14)32(30,31)16-11-19(24-12-16)21(29)26-7-1-2-8-26/h5-6,10-12,14,24H,1-4,7-9,13H2,(H,25,28)/t14-/m0/s1. The molecule has 11 heteroatoms. The van der Waals surface area contributed by atoms with Crippen LogP contribution in [0.3, 0.4) is 0 Å². The van der Waals surface area contributed by atoms with Gasteiger partial charge in [-0.05, 0) is 49.9 Å². The number of nitrogens with one attached hydrogen (secondary N) is 2. The van der Waals surface area contributed by atoms with Crippen LogP contribution >= 0.6 is 11.6 Å². The van der Waals surface area contributed by atoms with Crippen molar-refractivity contribution in [3.8, 4) is 0 Å². The van der Waals surface area contributed by atoms with Crippen LogP contribution in [0.2, 0.25) is 5.02 Å². The highest BCUT2D eigenvalue weighted by Crippen LogP contribution is 2.26. The first-order valence-corrected chi connectivity index (χ1v) is 12.3. The van der Waals surface area contributed by atoms with E-state index in [1.807, 2.05) is 0 Å². The van der Waals surface area contributed by atoms with Gasteiger partial charge in [0.15, 0.2) is 0 Å². The number of H-pyrrole nitrogens is 1. The van der Waals surface area contributed by atoms with Crippen LogP contribution in [0.5, 0.6) is 0 Å². The normalized spacial score (nSPS) is 19.8. The summed E-state index contributed by atoms with van der Waals surface area (Å²) in [5, 5.41) is 2.56. The van der Waals surface area contributed by atoms with Crippen molar-refractivity contribution in [1.29, 1.82) is 0 Å². The molecule has 2 aliphatic rings. The van der Waals surface area contributed by atoms with Gasteiger partial charge in [-0.25, -0.2) is 12.8 Å². The Morgan fingerprint density at radius 3 is 2.59 bits per heavy atom. The molecule has 0 radical (unpaired) electrons. The number of anilines is 1. The highest BCUT2D eigenvalue weighted by Gasteiger charge is 2.34. The van der Waals surface area contributed by atoms with Crippen molar-refractivity contribution in [1.82, 2.24) is 14.2 Å². The Morgan fingerprint density at radius 2 is 1.88 bits per heavy atom. The number of amides is 2. The van der Waals surface area contributed by atoms with Crippen molar-refractivity contribution in [3.05, 3.63) is 47.0 Å². The maximum absolute atomic E-state index is 13.3. The predicted octanol–water partition coefficient (Wildman–Crippen LogP) is 3.08. The molecule has 0 unspecified atom stereocenters. The van der Waals surface area contributed by atoms with E-state index in [1.165, 1.54) is 28.7 Å². The molecule has 1 aromatic carbocycles. The smallest absolute Gasteiger partial charge is 0.270 e. The molecule has 32 heavy (non-hydrogen) atoms. The fraction of sp³-hybridized carbons (Fsp3) is 0.429. The van der Waals surface area contributed by atoms with Crippen LogP contribution < -0.4 is 5.32 Å². The van der Waals surface area contributed by atoms with Gasteiger partial charge < -0.3 is 15.2 Å². The fourth-order valence-electron chi connectivity index (χ4n) is 4.08. The number of aromatic nitrogens is 1. The molecule has 3 heterocycles. The van der Waals surface area contributed by atoms with E-state index < -0.39 is 21.8 Å². The molecule has 2 aromatic rings. The molecule has 2 amide bonds. The number of sulfonamides is 1.